The molecule has 8 heteroatoms. The van der Waals surface area contributed by atoms with E-state index >= 15 is 0 Å². The molecule has 7 nitrogen and oxygen atoms in total. The summed E-state index contributed by atoms with van der Waals surface area (Å²) in [6.45, 7) is 5.67. The zero-order valence-corrected chi connectivity index (χ0v) is 14.9. The van der Waals surface area contributed by atoms with Gasteiger partial charge in [-0.1, -0.05) is 6.92 Å². The molecule has 2 amide bonds. The Kier molecular flexibility index (Phi) is 5.73. The highest BCUT2D eigenvalue weighted by molar-refractivity contribution is 7.09. The summed E-state index contributed by atoms with van der Waals surface area (Å²) in [4.78, 5) is 18.7. The average molecular weight is 336 g/mol. The van der Waals surface area contributed by atoms with Gasteiger partial charge in [0.25, 0.3) is 0 Å². The lowest BCUT2D eigenvalue weighted by Crippen LogP contribution is -2.45. The van der Waals surface area contributed by atoms with E-state index in [1.54, 1.807) is 12.3 Å². The van der Waals surface area contributed by atoms with Crippen LogP contribution in [0.4, 0.5) is 10.6 Å². The van der Waals surface area contributed by atoms with Gasteiger partial charge in [0.15, 0.2) is 5.82 Å². The standard InChI is InChI=1S/C15H24N6OS/c1-5-15(2,13-16-7-11-23-13)18-14(22)17-12-6-8-21(19-12)10-9-20(3)4/h6-8,11H,5,9-10H2,1-4H3,(H2,17,18,19,22)/t15-/m0/s1. The van der Waals surface area contributed by atoms with E-state index in [2.05, 4.69) is 25.6 Å². The Labute approximate surface area is 140 Å². The van der Waals surface area contributed by atoms with Crippen molar-refractivity contribution >= 4 is 23.2 Å². The largest absolute Gasteiger partial charge is 0.326 e. The smallest absolute Gasteiger partial charge is 0.321 e. The fourth-order valence-electron chi connectivity index (χ4n) is 2.04. The number of hydrogen-bond acceptors (Lipinski definition) is 5. The monoisotopic (exact) mass is 336 g/mol. The lowest BCUT2D eigenvalue weighted by atomic mass is 10.0. The van der Waals surface area contributed by atoms with E-state index in [9.17, 15) is 4.79 Å². The van der Waals surface area contributed by atoms with Gasteiger partial charge in [-0.05, 0) is 27.4 Å². The molecule has 23 heavy (non-hydrogen) atoms. The average Bonchev–Trinajstić information content (AvgIpc) is 3.16. The Balaban J connectivity index is 1.94. The molecule has 0 aliphatic heterocycles. The maximum Gasteiger partial charge on any atom is 0.321 e. The van der Waals surface area contributed by atoms with Gasteiger partial charge in [-0.3, -0.25) is 10.00 Å². The highest BCUT2D eigenvalue weighted by Gasteiger charge is 2.29. The van der Waals surface area contributed by atoms with E-state index < -0.39 is 5.54 Å². The number of aromatic nitrogens is 3. The summed E-state index contributed by atoms with van der Waals surface area (Å²) in [5.74, 6) is 0.541. The SMILES string of the molecule is CC[C@](C)(NC(=O)Nc1ccn(CCN(C)C)n1)c1nccs1. The van der Waals surface area contributed by atoms with Crippen LogP contribution in [0, 0.1) is 0 Å². The minimum atomic E-state index is -0.480. The van der Waals surface area contributed by atoms with E-state index in [1.165, 1.54) is 11.3 Å². The number of anilines is 1. The van der Waals surface area contributed by atoms with Crippen molar-refractivity contribution in [3.8, 4) is 0 Å². The number of rotatable bonds is 7. The third-order valence-corrected chi connectivity index (χ3v) is 4.70. The molecule has 0 radical (unpaired) electrons. The van der Waals surface area contributed by atoms with Crippen molar-refractivity contribution in [2.24, 2.45) is 0 Å². The third-order valence-electron chi connectivity index (χ3n) is 3.66. The molecule has 0 aliphatic carbocycles. The topological polar surface area (TPSA) is 75.1 Å². The number of carbonyl (C=O) groups excluding carboxylic acids is 1. The fourth-order valence-corrected chi connectivity index (χ4v) is 2.87. The van der Waals surface area contributed by atoms with Crippen LogP contribution in [0.1, 0.15) is 25.3 Å². The molecule has 0 aromatic carbocycles. The summed E-state index contributed by atoms with van der Waals surface area (Å²) in [6, 6.07) is 1.52. The number of hydrogen-bond donors (Lipinski definition) is 2. The Morgan fingerprint density at radius 2 is 2.26 bits per heavy atom. The molecule has 2 aromatic rings. The molecule has 2 rings (SSSR count). The number of nitrogens with one attached hydrogen (secondary N) is 2. The number of urea groups is 1. The molecule has 2 N–H and O–H groups in total. The molecule has 2 aromatic heterocycles. The first-order valence-electron chi connectivity index (χ1n) is 7.60. The van der Waals surface area contributed by atoms with Crippen LogP contribution in [0.2, 0.25) is 0 Å². The van der Waals surface area contributed by atoms with Crippen molar-refractivity contribution in [1.29, 1.82) is 0 Å². The van der Waals surface area contributed by atoms with Gasteiger partial charge in [0, 0.05) is 30.4 Å². The van der Waals surface area contributed by atoms with Gasteiger partial charge in [-0.15, -0.1) is 11.3 Å². The molecule has 0 spiro atoms. The van der Waals surface area contributed by atoms with Crippen molar-refractivity contribution in [2.75, 3.05) is 26.0 Å². The second-order valence-corrected chi connectivity index (χ2v) is 6.76. The third kappa shape index (κ3) is 4.77. The molecule has 0 saturated heterocycles. The molecule has 0 saturated carbocycles. The second-order valence-electron chi connectivity index (χ2n) is 5.87. The fraction of sp³-hybridized carbons (Fsp3) is 0.533. The van der Waals surface area contributed by atoms with Crippen LogP contribution in [0.5, 0.6) is 0 Å². The van der Waals surface area contributed by atoms with E-state index in [1.807, 2.05) is 44.2 Å². The maximum absolute atomic E-state index is 12.3. The molecular formula is C15H24N6OS. The number of carbonyl (C=O) groups is 1. The van der Waals surface area contributed by atoms with E-state index in [4.69, 9.17) is 0 Å². The van der Waals surface area contributed by atoms with Crippen LogP contribution in [0.3, 0.4) is 0 Å². The van der Waals surface area contributed by atoms with Crippen LogP contribution >= 0.6 is 11.3 Å². The molecule has 1 atom stereocenters. The van der Waals surface area contributed by atoms with Crippen molar-refractivity contribution in [1.82, 2.24) is 25.0 Å². The van der Waals surface area contributed by atoms with E-state index in [0.29, 0.717) is 5.82 Å². The maximum atomic E-state index is 12.3. The van der Waals surface area contributed by atoms with E-state index in [-0.39, 0.29) is 6.03 Å². The highest BCUT2D eigenvalue weighted by Crippen LogP contribution is 2.26. The second kappa shape index (κ2) is 7.56. The van der Waals surface area contributed by atoms with Gasteiger partial charge in [-0.25, -0.2) is 9.78 Å². The molecule has 0 fully saturated rings. The lowest BCUT2D eigenvalue weighted by molar-refractivity contribution is 0.237. The van der Waals surface area contributed by atoms with Crippen LogP contribution in [0.25, 0.3) is 0 Å². The van der Waals surface area contributed by atoms with Crippen molar-refractivity contribution in [2.45, 2.75) is 32.4 Å². The summed E-state index contributed by atoms with van der Waals surface area (Å²) < 4.78 is 1.81. The van der Waals surface area contributed by atoms with Crippen LogP contribution in [0.15, 0.2) is 23.8 Å². The molecular weight excluding hydrogens is 312 g/mol. The zero-order valence-electron chi connectivity index (χ0n) is 14.0. The Morgan fingerprint density at radius 3 is 2.87 bits per heavy atom. The molecule has 0 aliphatic rings. The zero-order chi connectivity index (χ0) is 16.9. The summed E-state index contributed by atoms with van der Waals surface area (Å²) in [5, 5.41) is 12.9. The van der Waals surface area contributed by atoms with Crippen molar-refractivity contribution in [3.63, 3.8) is 0 Å². The van der Waals surface area contributed by atoms with Crippen LogP contribution in [-0.2, 0) is 12.1 Å². The summed E-state index contributed by atoms with van der Waals surface area (Å²) >= 11 is 1.54. The first-order valence-corrected chi connectivity index (χ1v) is 8.48. The quantitative estimate of drug-likeness (QED) is 0.814. The van der Waals surface area contributed by atoms with Gasteiger partial charge in [0.2, 0.25) is 0 Å². The number of likely N-dealkylation sites (N-methyl/N-ethyl adjacent to an activating group) is 1. The number of nitrogens with zero attached hydrogens (tertiary/aromatic N) is 4. The first-order chi connectivity index (χ1) is 10.9. The number of thiazole rings is 1. The lowest BCUT2D eigenvalue weighted by Gasteiger charge is -2.27. The van der Waals surface area contributed by atoms with Gasteiger partial charge in [0.05, 0.1) is 12.1 Å². The number of amides is 2. The molecule has 126 valence electrons. The summed E-state index contributed by atoms with van der Waals surface area (Å²) in [7, 11) is 4.03. The predicted molar refractivity (Wildman–Crippen MR) is 92.7 cm³/mol. The minimum Gasteiger partial charge on any atom is -0.326 e. The normalized spacial score (nSPS) is 13.8. The highest BCUT2D eigenvalue weighted by atomic mass is 32.1. The van der Waals surface area contributed by atoms with Crippen molar-refractivity contribution < 1.29 is 4.79 Å². The predicted octanol–water partition coefficient (Wildman–Crippen LogP) is 2.35. The summed E-state index contributed by atoms with van der Waals surface area (Å²) in [6.07, 6.45) is 4.37. The van der Waals surface area contributed by atoms with Gasteiger partial charge < -0.3 is 10.2 Å². The summed E-state index contributed by atoms with van der Waals surface area (Å²) in [5.41, 5.74) is -0.480. The van der Waals surface area contributed by atoms with Crippen LogP contribution in [-0.4, -0.2) is 46.3 Å². The van der Waals surface area contributed by atoms with Crippen LogP contribution < -0.4 is 10.6 Å². The van der Waals surface area contributed by atoms with Gasteiger partial charge >= 0.3 is 6.03 Å². The first kappa shape index (κ1) is 17.4. The molecule has 2 heterocycles. The minimum absolute atomic E-state index is 0.276. The molecule has 0 unspecified atom stereocenters. The van der Waals surface area contributed by atoms with E-state index in [0.717, 1.165) is 24.5 Å². The molecule has 0 bridgehead atoms. The Morgan fingerprint density at radius 1 is 1.48 bits per heavy atom. The Hall–Kier alpha value is -1.93. The Bertz CT molecular complexity index is 624. The van der Waals surface area contributed by atoms with Crippen molar-refractivity contribution in [3.05, 3.63) is 28.8 Å². The van der Waals surface area contributed by atoms with Gasteiger partial charge in [-0.2, -0.15) is 5.10 Å². The van der Waals surface area contributed by atoms with Gasteiger partial charge in [0.1, 0.15) is 5.01 Å².